The molecule has 1 aliphatic heterocycles. The third-order valence-corrected chi connectivity index (χ3v) is 7.70. The fourth-order valence-corrected chi connectivity index (χ4v) is 5.92. The highest BCUT2D eigenvalue weighted by Crippen LogP contribution is 2.43. The zero-order valence-electron chi connectivity index (χ0n) is 19.7. The van der Waals surface area contributed by atoms with E-state index < -0.39 is 17.7 Å². The number of nitrogens with zero attached hydrogens (tertiary/aromatic N) is 6. The second kappa shape index (κ2) is 9.86. The lowest BCUT2D eigenvalue weighted by Gasteiger charge is -2.41. The third-order valence-electron chi connectivity index (χ3n) is 6.51. The first-order valence-corrected chi connectivity index (χ1v) is 12.6. The number of fused-ring (bicyclic) bond motifs is 2. The van der Waals surface area contributed by atoms with Crippen LogP contribution in [0.4, 0.5) is 19.6 Å². The van der Waals surface area contributed by atoms with Gasteiger partial charge in [-0.3, -0.25) is 9.78 Å². The van der Waals surface area contributed by atoms with Crippen molar-refractivity contribution in [2.24, 2.45) is 0 Å². The molecule has 0 bridgehead atoms. The van der Waals surface area contributed by atoms with Gasteiger partial charge < -0.3 is 15.5 Å². The minimum Gasteiger partial charge on any atom is -0.375 e. The monoisotopic (exact) mass is 549 g/mol. The molecule has 1 atom stereocenters. The van der Waals surface area contributed by atoms with Crippen LogP contribution in [0.1, 0.15) is 12.0 Å². The van der Waals surface area contributed by atoms with Gasteiger partial charge >= 0.3 is 0 Å². The predicted octanol–water partition coefficient (Wildman–Crippen LogP) is 5.01. The van der Waals surface area contributed by atoms with Crippen molar-refractivity contribution >= 4 is 60.8 Å². The molecule has 2 aromatic carbocycles. The Hall–Kier alpha value is -4.32. The number of amides is 1. The highest BCUT2D eigenvalue weighted by Gasteiger charge is 2.32. The zero-order valence-corrected chi connectivity index (χ0v) is 21.3. The van der Waals surface area contributed by atoms with Gasteiger partial charge in [0, 0.05) is 42.3 Å². The summed E-state index contributed by atoms with van der Waals surface area (Å²) in [6.45, 7) is 4.36. The van der Waals surface area contributed by atoms with E-state index >= 15 is 4.39 Å². The molecule has 8 nitrogen and oxygen atoms in total. The minimum atomic E-state index is -0.758. The van der Waals surface area contributed by atoms with Gasteiger partial charge in [-0.15, -0.1) is 0 Å². The van der Waals surface area contributed by atoms with Gasteiger partial charge in [-0.05, 0) is 24.3 Å². The molecule has 0 spiro atoms. The largest absolute Gasteiger partial charge is 0.375 e. The number of anilines is 2. The van der Waals surface area contributed by atoms with Crippen LogP contribution < -0.4 is 10.6 Å². The maximum atomic E-state index is 16.1. The molecule has 0 aliphatic carbocycles. The Morgan fingerprint density at radius 1 is 1.32 bits per heavy atom. The average molecular weight is 550 g/mol. The van der Waals surface area contributed by atoms with Crippen LogP contribution in [0.5, 0.6) is 0 Å². The highest BCUT2D eigenvalue weighted by atomic mass is 35.5. The summed E-state index contributed by atoms with van der Waals surface area (Å²) in [5, 5.41) is 19.6. The Kier molecular flexibility index (Phi) is 6.57. The van der Waals surface area contributed by atoms with E-state index in [4.69, 9.17) is 17.3 Å². The second-order valence-electron chi connectivity index (χ2n) is 8.60. The number of rotatable bonds is 4. The topological polar surface area (TPSA) is 123 Å². The predicted molar refractivity (Wildman–Crippen MR) is 143 cm³/mol. The van der Waals surface area contributed by atoms with Crippen LogP contribution >= 0.6 is 22.9 Å². The van der Waals surface area contributed by atoms with Crippen molar-refractivity contribution < 1.29 is 13.6 Å². The van der Waals surface area contributed by atoms with Gasteiger partial charge in [-0.1, -0.05) is 29.5 Å². The number of carbonyl (C=O) groups is 1. The quantitative estimate of drug-likeness (QED) is 0.355. The Balaban J connectivity index is 1.68. The third kappa shape index (κ3) is 4.06. The molecule has 38 heavy (non-hydrogen) atoms. The molecular weight excluding hydrogens is 532 g/mol. The summed E-state index contributed by atoms with van der Waals surface area (Å²) in [4.78, 5) is 24.1. The van der Waals surface area contributed by atoms with Crippen molar-refractivity contribution in [3.8, 4) is 23.3 Å². The minimum absolute atomic E-state index is 0.0126. The molecule has 12 heteroatoms. The second-order valence-corrected chi connectivity index (χ2v) is 10.0. The van der Waals surface area contributed by atoms with E-state index in [1.165, 1.54) is 30.5 Å². The van der Waals surface area contributed by atoms with Crippen molar-refractivity contribution in [1.29, 1.82) is 10.5 Å². The van der Waals surface area contributed by atoms with Crippen LogP contribution in [-0.4, -0.2) is 46.5 Å². The van der Waals surface area contributed by atoms with Gasteiger partial charge in [0.05, 0.1) is 45.0 Å². The summed E-state index contributed by atoms with van der Waals surface area (Å²) in [6, 6.07) is 7.84. The van der Waals surface area contributed by atoms with E-state index in [2.05, 4.69) is 28.7 Å². The molecule has 190 valence electrons. The SMILES string of the molecule is C=CC(=O)N1CCN(c2c(C#N)cnc3c(F)c(-c4ccc(F)c5sc(N)nc45)c(Cl)cc23)C[C@@H]1CC#N. The first-order valence-electron chi connectivity index (χ1n) is 11.4. The number of benzene rings is 2. The number of nitrogen functional groups attached to an aromatic ring is 1. The number of halogens is 3. The molecule has 2 N–H and O–H groups in total. The van der Waals surface area contributed by atoms with E-state index in [0.29, 0.717) is 17.6 Å². The summed E-state index contributed by atoms with van der Waals surface area (Å²) in [6.07, 6.45) is 2.54. The number of aromatic nitrogens is 2. The fourth-order valence-electron chi connectivity index (χ4n) is 4.86. The Morgan fingerprint density at radius 2 is 2.11 bits per heavy atom. The Morgan fingerprint density at radius 3 is 2.82 bits per heavy atom. The number of pyridine rings is 1. The van der Waals surface area contributed by atoms with Crippen LogP contribution in [0.25, 0.3) is 32.2 Å². The van der Waals surface area contributed by atoms with Crippen molar-refractivity contribution in [3.63, 3.8) is 0 Å². The lowest BCUT2D eigenvalue weighted by molar-refractivity contribution is -0.128. The van der Waals surface area contributed by atoms with E-state index in [0.717, 1.165) is 11.3 Å². The number of nitrogens with two attached hydrogens (primary N) is 1. The van der Waals surface area contributed by atoms with Gasteiger partial charge in [0.15, 0.2) is 10.9 Å². The van der Waals surface area contributed by atoms with Crippen LogP contribution in [0, 0.1) is 34.3 Å². The van der Waals surface area contributed by atoms with Gasteiger partial charge in [-0.25, -0.2) is 13.8 Å². The molecular formula is C26H18ClF2N7OS. The summed E-state index contributed by atoms with van der Waals surface area (Å²) in [5.74, 6) is -1.58. The van der Waals surface area contributed by atoms with Gasteiger partial charge in [0.1, 0.15) is 17.4 Å². The first kappa shape index (κ1) is 25.3. The van der Waals surface area contributed by atoms with Gasteiger partial charge in [-0.2, -0.15) is 10.5 Å². The number of hydrogen-bond acceptors (Lipinski definition) is 8. The number of nitriles is 2. The first-order chi connectivity index (χ1) is 18.3. The van der Waals surface area contributed by atoms with Crippen molar-refractivity contribution in [2.75, 3.05) is 30.3 Å². The summed E-state index contributed by atoms with van der Waals surface area (Å²) >= 11 is 7.58. The molecule has 4 aromatic rings. The molecule has 2 aromatic heterocycles. The Bertz CT molecular complexity index is 1730. The number of hydrogen-bond donors (Lipinski definition) is 1. The fraction of sp³-hybridized carbons (Fsp3) is 0.192. The summed E-state index contributed by atoms with van der Waals surface area (Å²) in [5.41, 5.74) is 6.78. The smallest absolute Gasteiger partial charge is 0.246 e. The molecule has 0 saturated carbocycles. The van der Waals surface area contributed by atoms with Crippen molar-refractivity contribution in [1.82, 2.24) is 14.9 Å². The summed E-state index contributed by atoms with van der Waals surface area (Å²) < 4.78 is 30.7. The molecule has 0 radical (unpaired) electrons. The van der Waals surface area contributed by atoms with Crippen LogP contribution in [0.3, 0.4) is 0 Å². The average Bonchev–Trinajstić information content (AvgIpc) is 3.31. The van der Waals surface area contributed by atoms with E-state index in [1.54, 1.807) is 4.90 Å². The lowest BCUT2D eigenvalue weighted by atomic mass is 9.98. The van der Waals surface area contributed by atoms with E-state index in [-0.39, 0.29) is 68.0 Å². The van der Waals surface area contributed by atoms with E-state index in [9.17, 15) is 19.7 Å². The van der Waals surface area contributed by atoms with Crippen LogP contribution in [-0.2, 0) is 4.79 Å². The highest BCUT2D eigenvalue weighted by molar-refractivity contribution is 7.22. The molecule has 3 heterocycles. The normalized spacial score (nSPS) is 15.4. The van der Waals surface area contributed by atoms with E-state index in [1.807, 2.05) is 4.90 Å². The molecule has 1 amide bonds. The van der Waals surface area contributed by atoms with Crippen LogP contribution in [0.2, 0.25) is 5.02 Å². The van der Waals surface area contributed by atoms with Gasteiger partial charge in [0.2, 0.25) is 5.91 Å². The van der Waals surface area contributed by atoms with Crippen LogP contribution in [0.15, 0.2) is 37.1 Å². The standard InChI is InChI=1S/C26H18ClF2N7OS/c1-2-19(37)36-8-7-35(12-14(36)5-6-30)24-13(10-31)11-33-22-16(24)9-17(27)20(21(22)29)15-3-4-18(28)25-23(15)34-26(32)38-25/h2-4,9,11,14H,1,5,7-8,12H2,(H2,32,34)/t14-/m0/s1. The molecule has 1 saturated heterocycles. The molecule has 1 aliphatic rings. The van der Waals surface area contributed by atoms with Gasteiger partial charge in [0.25, 0.3) is 0 Å². The van der Waals surface area contributed by atoms with Crippen molar-refractivity contribution in [2.45, 2.75) is 12.5 Å². The molecule has 5 rings (SSSR count). The zero-order chi connectivity index (χ0) is 27.1. The number of piperazine rings is 1. The Labute approximate surface area is 224 Å². The molecule has 1 fully saturated rings. The number of thiazole rings is 1. The maximum Gasteiger partial charge on any atom is 0.246 e. The summed E-state index contributed by atoms with van der Waals surface area (Å²) in [7, 11) is 0. The molecule has 0 unspecified atom stereocenters. The van der Waals surface area contributed by atoms with Crippen molar-refractivity contribution in [3.05, 3.63) is 59.3 Å². The lowest BCUT2D eigenvalue weighted by Crippen LogP contribution is -2.55. The number of carbonyl (C=O) groups excluding carboxylic acids is 1. The maximum absolute atomic E-state index is 16.1.